The number of rotatable bonds is 8. The van der Waals surface area contributed by atoms with Crippen LogP contribution in [0, 0.1) is 0 Å². The maximum absolute atomic E-state index is 13.4. The van der Waals surface area contributed by atoms with E-state index in [0.717, 1.165) is 50.5 Å². The number of aromatic hydroxyl groups is 2. The zero-order chi connectivity index (χ0) is 30.4. The summed E-state index contributed by atoms with van der Waals surface area (Å²) in [6, 6.07) is 18.8. The largest absolute Gasteiger partial charge is 0.507 e. The molecule has 0 aliphatic carbocycles. The highest BCUT2D eigenvalue weighted by molar-refractivity contribution is 6.22. The molecular weight excluding hydrogens is 583 g/mol. The van der Waals surface area contributed by atoms with Crippen LogP contribution in [0.2, 0.25) is 0 Å². The highest BCUT2D eigenvalue weighted by Crippen LogP contribution is 2.48. The number of anilines is 2. The third-order valence-electron chi connectivity index (χ3n) is 9.16. The second-order valence-electron chi connectivity index (χ2n) is 11.9. The Balaban J connectivity index is 1.10. The van der Waals surface area contributed by atoms with Gasteiger partial charge in [-0.1, -0.05) is 55.0 Å². The van der Waals surface area contributed by atoms with E-state index in [1.54, 1.807) is 21.9 Å². The number of carbonyl (C=O) groups is 2. The fraction of sp³-hybridized carbons (Fsp3) is 0.371. The van der Waals surface area contributed by atoms with Crippen LogP contribution in [0.5, 0.6) is 11.5 Å². The predicted molar refractivity (Wildman–Crippen MR) is 175 cm³/mol. The van der Waals surface area contributed by atoms with Gasteiger partial charge in [-0.3, -0.25) is 9.59 Å². The van der Waals surface area contributed by atoms with E-state index in [2.05, 4.69) is 0 Å². The van der Waals surface area contributed by atoms with E-state index in [1.165, 1.54) is 0 Å². The summed E-state index contributed by atoms with van der Waals surface area (Å²) in [5.41, 5.74) is 3.51. The number of nitrogens with zero attached hydrogens (tertiary/aromatic N) is 2. The summed E-state index contributed by atoms with van der Waals surface area (Å²) in [4.78, 5) is 30.3. The average molecular weight is 620 g/mol. The van der Waals surface area contributed by atoms with Gasteiger partial charge in [0.05, 0.1) is 11.4 Å². The highest BCUT2D eigenvalue weighted by Gasteiger charge is 2.38. The summed E-state index contributed by atoms with van der Waals surface area (Å²) in [6.45, 7) is 4.87. The lowest BCUT2D eigenvalue weighted by Gasteiger charge is -2.19. The zero-order valence-corrected chi connectivity index (χ0v) is 25.9. The van der Waals surface area contributed by atoms with Crippen LogP contribution in [-0.2, 0) is 9.59 Å². The number of amides is 2. The molecule has 0 spiro atoms. The number of unbranched alkanes of at least 4 members (excludes halogenated alkanes) is 2. The van der Waals surface area contributed by atoms with Gasteiger partial charge in [0.25, 0.3) is 0 Å². The monoisotopic (exact) mass is 618 g/mol. The van der Waals surface area contributed by atoms with Crippen molar-refractivity contribution in [2.75, 3.05) is 22.9 Å². The maximum Gasteiger partial charge on any atom is 0.227 e. The van der Waals surface area contributed by atoms with Crippen molar-refractivity contribution in [3.63, 3.8) is 0 Å². The molecule has 4 atom stereocenters. The second kappa shape index (κ2) is 11.9. The van der Waals surface area contributed by atoms with E-state index in [0.29, 0.717) is 38.8 Å². The SMILES string of the molecule is C[C@@H](Cl)C1CN(C(=O)CCCCCC(=O)N2C[C@@H]([C@@H](C)Cl)c3c2cc(O)c2ccccc32)c2cc(O)c3ccccc3c21. The van der Waals surface area contributed by atoms with Crippen LogP contribution < -0.4 is 9.80 Å². The third kappa shape index (κ3) is 5.29. The first-order chi connectivity index (χ1) is 20.7. The fourth-order valence-electron chi connectivity index (χ4n) is 6.95. The molecule has 6 rings (SSSR count). The van der Waals surface area contributed by atoms with E-state index in [4.69, 9.17) is 23.2 Å². The van der Waals surface area contributed by atoms with Crippen molar-refractivity contribution in [1.82, 2.24) is 0 Å². The van der Waals surface area contributed by atoms with E-state index in [9.17, 15) is 19.8 Å². The summed E-state index contributed by atoms with van der Waals surface area (Å²) in [5, 5.41) is 24.4. The van der Waals surface area contributed by atoms with Crippen molar-refractivity contribution in [1.29, 1.82) is 0 Å². The number of alkyl halides is 2. The van der Waals surface area contributed by atoms with Gasteiger partial charge in [-0.05, 0) is 48.6 Å². The number of hydrogen-bond donors (Lipinski definition) is 2. The number of hydrogen-bond acceptors (Lipinski definition) is 4. The van der Waals surface area contributed by atoms with Gasteiger partial charge in [-0.15, -0.1) is 23.2 Å². The molecule has 43 heavy (non-hydrogen) atoms. The molecule has 0 saturated heterocycles. The number of halogens is 2. The molecule has 1 unspecified atom stereocenters. The topological polar surface area (TPSA) is 81.1 Å². The number of carbonyl (C=O) groups excluding carboxylic acids is 2. The van der Waals surface area contributed by atoms with Crippen molar-refractivity contribution in [3.05, 3.63) is 71.8 Å². The summed E-state index contributed by atoms with van der Waals surface area (Å²) >= 11 is 13.2. The quantitative estimate of drug-likeness (QED) is 0.154. The third-order valence-corrected chi connectivity index (χ3v) is 9.77. The van der Waals surface area contributed by atoms with Crippen LogP contribution >= 0.6 is 23.2 Å². The molecule has 2 N–H and O–H groups in total. The standard InChI is InChI=1S/C35H36Cl2N2O4/c1-20(36)26-18-38(28-16-30(40)22-10-6-8-12-24(22)34(26)28)32(42)14-4-3-5-15-33(43)39-19-27(21(2)37)35-25-13-9-7-11-23(25)31(41)17-29(35)39/h6-13,16-17,20-21,26-27,40-41H,3-5,14-15,18-19H2,1-2H3/t20-,21-,26+,27?/m1/s1. The Morgan fingerprint density at radius 1 is 0.698 bits per heavy atom. The van der Waals surface area contributed by atoms with Gasteiger partial charge in [0.1, 0.15) is 11.5 Å². The highest BCUT2D eigenvalue weighted by atomic mass is 35.5. The van der Waals surface area contributed by atoms with Crippen LogP contribution in [0.15, 0.2) is 60.7 Å². The molecule has 224 valence electrons. The van der Waals surface area contributed by atoms with Gasteiger partial charge >= 0.3 is 0 Å². The van der Waals surface area contributed by atoms with Gasteiger partial charge in [0.15, 0.2) is 0 Å². The lowest BCUT2D eigenvalue weighted by atomic mass is 9.92. The van der Waals surface area contributed by atoms with Crippen LogP contribution in [0.1, 0.15) is 68.9 Å². The molecule has 6 nitrogen and oxygen atoms in total. The first-order valence-corrected chi connectivity index (χ1v) is 15.9. The van der Waals surface area contributed by atoms with Gasteiger partial charge < -0.3 is 20.0 Å². The molecule has 0 aromatic heterocycles. The van der Waals surface area contributed by atoms with Crippen molar-refractivity contribution in [2.45, 2.75) is 68.5 Å². The van der Waals surface area contributed by atoms with E-state index in [-0.39, 0.29) is 45.9 Å². The maximum atomic E-state index is 13.4. The molecule has 0 fully saturated rings. The van der Waals surface area contributed by atoms with Crippen molar-refractivity contribution >= 4 is 67.9 Å². The Kier molecular flexibility index (Phi) is 8.18. The molecule has 2 aliphatic heterocycles. The molecule has 2 amide bonds. The number of fused-ring (bicyclic) bond motifs is 6. The minimum Gasteiger partial charge on any atom is -0.507 e. The van der Waals surface area contributed by atoms with Crippen LogP contribution in [0.25, 0.3) is 21.5 Å². The predicted octanol–water partition coefficient (Wildman–Crippen LogP) is 8.17. The van der Waals surface area contributed by atoms with Gasteiger partial charge in [-0.2, -0.15) is 0 Å². The van der Waals surface area contributed by atoms with Crippen LogP contribution in [0.4, 0.5) is 11.4 Å². The molecule has 4 aromatic rings. The van der Waals surface area contributed by atoms with Gasteiger partial charge in [0.2, 0.25) is 11.8 Å². The van der Waals surface area contributed by atoms with E-state index in [1.807, 2.05) is 62.4 Å². The molecule has 8 heteroatoms. The average Bonchev–Trinajstić information content (AvgIpc) is 3.57. The number of phenols is 2. The molecule has 2 heterocycles. The lowest BCUT2D eigenvalue weighted by molar-refractivity contribution is -0.119. The summed E-state index contributed by atoms with van der Waals surface area (Å²) < 4.78 is 0. The minimum absolute atomic E-state index is 0.00293. The van der Waals surface area contributed by atoms with Crippen LogP contribution in [-0.4, -0.2) is 45.9 Å². The summed E-state index contributed by atoms with van der Waals surface area (Å²) in [7, 11) is 0. The first-order valence-electron chi connectivity index (χ1n) is 15.1. The smallest absolute Gasteiger partial charge is 0.227 e. The molecule has 4 aromatic carbocycles. The first kappa shape index (κ1) is 29.6. The van der Waals surface area contributed by atoms with Crippen molar-refractivity contribution in [3.8, 4) is 11.5 Å². The van der Waals surface area contributed by atoms with Crippen molar-refractivity contribution < 1.29 is 19.8 Å². The molecule has 2 aliphatic rings. The number of benzene rings is 4. The normalized spacial score (nSPS) is 19.1. The molecule has 0 saturated carbocycles. The molecule has 0 radical (unpaired) electrons. The van der Waals surface area contributed by atoms with Gasteiger partial charge in [-0.25, -0.2) is 0 Å². The lowest BCUT2D eigenvalue weighted by Crippen LogP contribution is -2.31. The van der Waals surface area contributed by atoms with E-state index < -0.39 is 0 Å². The van der Waals surface area contributed by atoms with Crippen molar-refractivity contribution in [2.24, 2.45) is 0 Å². The minimum atomic E-state index is -0.174. The number of phenolic OH excluding ortho intramolecular Hbond substituents is 2. The van der Waals surface area contributed by atoms with Crippen LogP contribution in [0.3, 0.4) is 0 Å². The Labute approximate surface area is 261 Å². The Morgan fingerprint density at radius 3 is 1.44 bits per heavy atom. The Hall–Kier alpha value is -3.48. The summed E-state index contributed by atoms with van der Waals surface area (Å²) in [5.74, 6) is 0.258. The fourth-order valence-corrected chi connectivity index (χ4v) is 7.36. The zero-order valence-electron chi connectivity index (χ0n) is 24.4. The second-order valence-corrected chi connectivity index (χ2v) is 13.3. The Bertz CT molecular complexity index is 1590. The Morgan fingerprint density at radius 2 is 1.07 bits per heavy atom. The van der Waals surface area contributed by atoms with E-state index >= 15 is 0 Å². The van der Waals surface area contributed by atoms with Gasteiger partial charge in [0, 0.05) is 71.4 Å². The summed E-state index contributed by atoms with van der Waals surface area (Å²) in [6.07, 6.45) is 2.74. The molecular formula is C35H36Cl2N2O4. The molecule has 0 bridgehead atoms.